The number of nitro benzene ring substituents is 1. The van der Waals surface area contributed by atoms with Gasteiger partial charge in [0.2, 0.25) is 10.0 Å². The van der Waals surface area contributed by atoms with Crippen molar-refractivity contribution in [2.24, 2.45) is 0 Å². The number of aromatic nitrogens is 1. The van der Waals surface area contributed by atoms with Crippen LogP contribution in [0.25, 0.3) is 21.8 Å². The number of unbranched alkanes of at least 4 members (excludes halogenated alkanes) is 3. The zero-order valence-electron chi connectivity index (χ0n) is 20.6. The number of non-ortho nitro benzene ring substituents is 1. The van der Waals surface area contributed by atoms with Gasteiger partial charge in [-0.05, 0) is 30.7 Å². The number of ether oxygens (including phenoxy) is 1. The van der Waals surface area contributed by atoms with E-state index in [1.165, 1.54) is 19.2 Å². The van der Waals surface area contributed by atoms with Gasteiger partial charge >= 0.3 is 0 Å². The number of nitrogens with zero attached hydrogens (tertiary/aromatic N) is 2. The average Bonchev–Trinajstić information content (AvgIpc) is 2.86. The average molecular weight is 545 g/mol. The van der Waals surface area contributed by atoms with Crippen molar-refractivity contribution in [1.82, 2.24) is 4.98 Å². The molecule has 9 nitrogen and oxygen atoms in total. The van der Waals surface area contributed by atoms with E-state index in [0.29, 0.717) is 45.7 Å². The van der Waals surface area contributed by atoms with Gasteiger partial charge in [-0.1, -0.05) is 44.4 Å². The monoisotopic (exact) mass is 544 g/mol. The van der Waals surface area contributed by atoms with Crippen molar-refractivity contribution in [3.8, 4) is 5.75 Å². The third kappa shape index (κ3) is 6.58. The highest BCUT2D eigenvalue weighted by molar-refractivity contribution is 7.92. The molecule has 1 aromatic heterocycles. The molecule has 0 fully saturated rings. The molecule has 2 N–H and O–H groups in total. The summed E-state index contributed by atoms with van der Waals surface area (Å²) in [4.78, 5) is 15.4. The molecule has 11 heteroatoms. The molecule has 0 spiro atoms. The Kier molecular flexibility index (Phi) is 9.12. The Morgan fingerprint density at radius 1 is 0.973 bits per heavy atom. The Morgan fingerprint density at radius 2 is 1.73 bits per heavy atom. The predicted octanol–water partition coefficient (Wildman–Crippen LogP) is 6.79. The number of anilines is 3. The molecule has 0 atom stereocenters. The number of rotatable bonds is 11. The second kappa shape index (κ2) is 12.1. The van der Waals surface area contributed by atoms with Crippen LogP contribution in [-0.2, 0) is 10.0 Å². The molecule has 0 saturated carbocycles. The Morgan fingerprint density at radius 3 is 2.46 bits per heavy atom. The van der Waals surface area contributed by atoms with Gasteiger partial charge in [-0.2, -0.15) is 0 Å². The van der Waals surface area contributed by atoms with Gasteiger partial charge in [0.1, 0.15) is 5.75 Å². The third-order valence-corrected chi connectivity index (χ3v) is 7.25. The molecule has 0 aliphatic carbocycles. The minimum atomic E-state index is -3.47. The maximum Gasteiger partial charge on any atom is 0.271 e. The first-order valence-corrected chi connectivity index (χ1v) is 13.4. The number of sulfonamides is 1. The van der Waals surface area contributed by atoms with Crippen LogP contribution in [-0.4, -0.2) is 31.2 Å². The summed E-state index contributed by atoms with van der Waals surface area (Å²) < 4.78 is 33.2. The summed E-state index contributed by atoms with van der Waals surface area (Å²) in [5.74, 6) is 0.508. The first-order chi connectivity index (χ1) is 17.3. The largest absolute Gasteiger partial charge is 0.494 e. The van der Waals surface area contributed by atoms with Gasteiger partial charge in [0.05, 0.1) is 45.9 Å². The van der Waals surface area contributed by atoms with Gasteiger partial charge in [0.15, 0.2) is 0 Å². The van der Waals surface area contributed by atoms with Crippen LogP contribution in [0.5, 0.6) is 5.75 Å². The van der Waals surface area contributed by atoms with E-state index >= 15 is 0 Å². The summed E-state index contributed by atoms with van der Waals surface area (Å²) in [5.41, 5.74) is 2.86. The normalized spacial score (nSPS) is 11.2. The number of hydrogen-bond acceptors (Lipinski definition) is 7. The number of benzene rings is 3. The molecule has 0 aliphatic rings. The predicted molar refractivity (Wildman–Crippen MR) is 151 cm³/mol. The number of para-hydroxylation sites is 1. The number of nitro groups is 1. The fourth-order valence-electron chi connectivity index (χ4n) is 4.07. The molecule has 0 bridgehead atoms. The van der Waals surface area contributed by atoms with Crippen LogP contribution in [0.1, 0.15) is 32.6 Å². The molecule has 0 unspecified atom stereocenters. The molecule has 196 valence electrons. The molecule has 3 aromatic carbocycles. The molecule has 0 aliphatic heterocycles. The van der Waals surface area contributed by atoms with Gasteiger partial charge in [-0.3, -0.25) is 14.8 Å². The van der Waals surface area contributed by atoms with Gasteiger partial charge < -0.3 is 10.1 Å². The highest BCUT2D eigenvalue weighted by Crippen LogP contribution is 2.38. The molecular formula is C26H29ClN4O5S. The summed E-state index contributed by atoms with van der Waals surface area (Å²) in [7, 11) is -1.96. The van der Waals surface area contributed by atoms with E-state index in [-0.39, 0.29) is 23.8 Å². The van der Waals surface area contributed by atoms with Crippen LogP contribution in [0.15, 0.2) is 60.7 Å². The van der Waals surface area contributed by atoms with E-state index in [4.69, 9.17) is 4.74 Å². The highest BCUT2D eigenvalue weighted by Gasteiger charge is 2.16. The second-order valence-electron chi connectivity index (χ2n) is 8.48. The standard InChI is InChI=1S/C26H28N4O5S.ClH/c1-3-4-5-8-15-36(33,34)29-18-11-14-23(25(16-18)35-2)28-26-20-9-6-7-10-22(20)27-24-17-19(30(31)32)12-13-21(24)26;/h6-7,9-14,16-17,29H,3-5,8,15H2,1-2H3,(H,27,28);1H. The van der Waals surface area contributed by atoms with Crippen LogP contribution in [0.4, 0.5) is 22.7 Å². The smallest absolute Gasteiger partial charge is 0.271 e. The van der Waals surface area contributed by atoms with Crippen molar-refractivity contribution in [2.45, 2.75) is 32.6 Å². The lowest BCUT2D eigenvalue weighted by Gasteiger charge is -2.17. The maximum atomic E-state index is 12.5. The first kappa shape index (κ1) is 27.9. The summed E-state index contributed by atoms with van der Waals surface area (Å²) >= 11 is 0. The zero-order valence-corrected chi connectivity index (χ0v) is 22.2. The lowest BCUT2D eigenvalue weighted by molar-refractivity contribution is -0.384. The summed E-state index contributed by atoms with van der Waals surface area (Å²) in [6.45, 7) is 2.08. The molecule has 0 saturated heterocycles. The molecule has 0 amide bonds. The van der Waals surface area contributed by atoms with Crippen molar-refractivity contribution >= 4 is 67.0 Å². The summed E-state index contributed by atoms with van der Waals surface area (Å²) in [6, 6.07) is 17.1. The van der Waals surface area contributed by atoms with Gasteiger partial charge in [0.25, 0.3) is 5.69 Å². The lowest BCUT2D eigenvalue weighted by atomic mass is 10.1. The lowest BCUT2D eigenvalue weighted by Crippen LogP contribution is -2.16. The van der Waals surface area contributed by atoms with Crippen LogP contribution in [0.2, 0.25) is 0 Å². The SMILES string of the molecule is CCCCCCS(=O)(=O)Nc1ccc(Nc2c3ccccc3nc3cc([N+](=O)[O-])ccc23)c(OC)c1.Cl. The Balaban J connectivity index is 0.00000380. The number of hydrogen-bond donors (Lipinski definition) is 2. The molecule has 4 rings (SSSR count). The minimum Gasteiger partial charge on any atom is -0.494 e. The molecule has 37 heavy (non-hydrogen) atoms. The van der Waals surface area contributed by atoms with E-state index in [1.807, 2.05) is 24.3 Å². The van der Waals surface area contributed by atoms with Crippen molar-refractivity contribution < 1.29 is 18.1 Å². The Labute approximate surface area is 221 Å². The van der Waals surface area contributed by atoms with Crippen molar-refractivity contribution in [2.75, 3.05) is 22.9 Å². The zero-order chi connectivity index (χ0) is 25.7. The molecule has 0 radical (unpaired) electrons. The molecule has 1 heterocycles. The minimum absolute atomic E-state index is 0. The fourth-order valence-corrected chi connectivity index (χ4v) is 5.24. The van der Waals surface area contributed by atoms with Crippen molar-refractivity contribution in [3.63, 3.8) is 0 Å². The highest BCUT2D eigenvalue weighted by atomic mass is 35.5. The molecular weight excluding hydrogens is 516 g/mol. The fraction of sp³-hybridized carbons (Fsp3) is 0.269. The van der Waals surface area contributed by atoms with Crippen LogP contribution >= 0.6 is 12.4 Å². The summed E-state index contributed by atoms with van der Waals surface area (Å²) in [5, 5.41) is 16.2. The Bertz CT molecular complexity index is 1530. The number of fused-ring (bicyclic) bond motifs is 2. The van der Waals surface area contributed by atoms with Gasteiger partial charge in [-0.15, -0.1) is 12.4 Å². The van der Waals surface area contributed by atoms with Gasteiger partial charge in [0, 0.05) is 29.0 Å². The first-order valence-electron chi connectivity index (χ1n) is 11.7. The summed E-state index contributed by atoms with van der Waals surface area (Å²) in [6.07, 6.45) is 3.54. The van der Waals surface area contributed by atoms with Crippen molar-refractivity contribution in [3.05, 3.63) is 70.8 Å². The maximum absolute atomic E-state index is 12.5. The van der Waals surface area contributed by atoms with Crippen LogP contribution in [0, 0.1) is 10.1 Å². The van der Waals surface area contributed by atoms with E-state index in [9.17, 15) is 18.5 Å². The van der Waals surface area contributed by atoms with Crippen LogP contribution in [0.3, 0.4) is 0 Å². The number of methoxy groups -OCH3 is 1. The van der Waals surface area contributed by atoms with E-state index < -0.39 is 14.9 Å². The second-order valence-corrected chi connectivity index (χ2v) is 10.3. The molecule has 4 aromatic rings. The number of nitrogens with one attached hydrogen (secondary N) is 2. The quantitative estimate of drug-likeness (QED) is 0.0921. The third-order valence-electron chi connectivity index (χ3n) is 5.88. The Hall–Kier alpha value is -3.63. The number of pyridine rings is 1. The van der Waals surface area contributed by atoms with E-state index in [0.717, 1.165) is 24.6 Å². The van der Waals surface area contributed by atoms with E-state index in [1.54, 1.807) is 24.3 Å². The van der Waals surface area contributed by atoms with E-state index in [2.05, 4.69) is 21.9 Å². The van der Waals surface area contributed by atoms with Crippen LogP contribution < -0.4 is 14.8 Å². The van der Waals surface area contributed by atoms with Gasteiger partial charge in [-0.25, -0.2) is 13.4 Å². The van der Waals surface area contributed by atoms with Crippen molar-refractivity contribution in [1.29, 1.82) is 0 Å². The number of halogens is 1. The topological polar surface area (TPSA) is 123 Å².